The molecule has 1 saturated heterocycles. The van der Waals surface area contributed by atoms with Crippen molar-refractivity contribution >= 4 is 8.32 Å². The maximum atomic E-state index is 6.18. The van der Waals surface area contributed by atoms with Crippen molar-refractivity contribution in [3.05, 3.63) is 0 Å². The minimum absolute atomic E-state index is 0.303. The Balaban J connectivity index is 2.49. The van der Waals surface area contributed by atoms with E-state index < -0.39 is 8.32 Å². The average Bonchev–Trinajstić information content (AvgIpc) is 2.03. The Hall–Kier alpha value is 0.0969. The average molecular weight is 216 g/mol. The summed E-state index contributed by atoms with van der Waals surface area (Å²) >= 11 is 0. The van der Waals surface area contributed by atoms with Gasteiger partial charge in [-0.3, -0.25) is 0 Å². The van der Waals surface area contributed by atoms with Crippen molar-refractivity contribution in [3.8, 4) is 0 Å². The summed E-state index contributed by atoms with van der Waals surface area (Å²) in [5.41, 5.74) is 0. The van der Waals surface area contributed by atoms with Gasteiger partial charge >= 0.3 is 0 Å². The van der Waals surface area contributed by atoms with Crippen molar-refractivity contribution in [1.82, 2.24) is 10.4 Å². The van der Waals surface area contributed by atoms with Crippen LogP contribution in [-0.2, 0) is 4.53 Å². The molecular weight excluding hydrogens is 192 g/mol. The predicted molar refractivity (Wildman–Crippen MR) is 62.7 cm³/mol. The summed E-state index contributed by atoms with van der Waals surface area (Å²) in [7, 11) is -1.59. The molecule has 0 bridgehead atoms. The second-order valence-corrected chi connectivity index (χ2v) is 10.2. The maximum Gasteiger partial charge on any atom is 0.220 e. The fraction of sp³-hybridized carbons (Fsp3) is 1.00. The van der Waals surface area contributed by atoms with Crippen molar-refractivity contribution in [1.29, 1.82) is 0 Å². The van der Waals surface area contributed by atoms with Gasteiger partial charge in [-0.2, -0.15) is 5.06 Å². The van der Waals surface area contributed by atoms with Gasteiger partial charge in [-0.25, -0.2) is 0 Å². The van der Waals surface area contributed by atoms with Gasteiger partial charge in [0, 0.05) is 26.2 Å². The summed E-state index contributed by atoms with van der Waals surface area (Å²) in [6.07, 6.45) is 0. The molecule has 1 aliphatic heterocycles. The van der Waals surface area contributed by atoms with Gasteiger partial charge in [-0.1, -0.05) is 20.8 Å². The van der Waals surface area contributed by atoms with E-state index in [-0.39, 0.29) is 0 Å². The maximum absolute atomic E-state index is 6.18. The monoisotopic (exact) mass is 216 g/mol. The van der Waals surface area contributed by atoms with Crippen LogP contribution < -0.4 is 5.32 Å². The smallest absolute Gasteiger partial charge is 0.220 e. The molecule has 0 aliphatic carbocycles. The first-order chi connectivity index (χ1) is 6.33. The van der Waals surface area contributed by atoms with E-state index in [0.717, 1.165) is 26.2 Å². The summed E-state index contributed by atoms with van der Waals surface area (Å²) in [5, 5.41) is 5.78. The summed E-state index contributed by atoms with van der Waals surface area (Å²) in [6, 6.07) is 0. The number of nitrogens with one attached hydrogen (secondary N) is 1. The lowest BCUT2D eigenvalue weighted by Crippen LogP contribution is -2.52. The first kappa shape index (κ1) is 12.2. The second-order valence-electron chi connectivity index (χ2n) is 5.53. The highest BCUT2D eigenvalue weighted by atomic mass is 28.4. The van der Waals surface area contributed by atoms with E-state index in [2.05, 4.69) is 44.2 Å². The topological polar surface area (TPSA) is 24.5 Å². The van der Waals surface area contributed by atoms with Crippen LogP contribution in [0.25, 0.3) is 0 Å². The minimum atomic E-state index is -1.59. The fourth-order valence-corrected chi connectivity index (χ4v) is 2.30. The van der Waals surface area contributed by atoms with Crippen molar-refractivity contribution < 1.29 is 4.53 Å². The van der Waals surface area contributed by atoms with Crippen LogP contribution in [0.3, 0.4) is 0 Å². The SMILES string of the molecule is CC(C)(C)[Si](C)(C)ON1CCNCC1. The van der Waals surface area contributed by atoms with Crippen molar-refractivity contribution in [2.75, 3.05) is 26.2 Å². The standard InChI is InChI=1S/C10H24N2OSi/c1-10(2,3)14(4,5)13-12-8-6-11-7-9-12/h11H,6-9H2,1-5H3. The number of hydrogen-bond acceptors (Lipinski definition) is 3. The summed E-state index contributed by atoms with van der Waals surface area (Å²) < 4.78 is 6.18. The van der Waals surface area contributed by atoms with Gasteiger partial charge in [0.1, 0.15) is 0 Å². The van der Waals surface area contributed by atoms with E-state index in [1.165, 1.54) is 0 Å². The first-order valence-electron chi connectivity index (χ1n) is 5.48. The first-order valence-corrected chi connectivity index (χ1v) is 8.38. The molecule has 0 amide bonds. The van der Waals surface area contributed by atoms with Gasteiger partial charge in [0.2, 0.25) is 8.32 Å². The summed E-state index contributed by atoms with van der Waals surface area (Å²) in [4.78, 5) is 0. The molecule has 0 radical (unpaired) electrons. The molecule has 0 unspecified atom stereocenters. The third-order valence-corrected chi connectivity index (χ3v) is 7.57. The van der Waals surface area contributed by atoms with Gasteiger partial charge in [0.25, 0.3) is 0 Å². The van der Waals surface area contributed by atoms with Gasteiger partial charge in [0.05, 0.1) is 0 Å². The molecule has 14 heavy (non-hydrogen) atoms. The van der Waals surface area contributed by atoms with Gasteiger partial charge in [-0.15, -0.1) is 0 Å². The molecule has 1 fully saturated rings. The molecule has 0 aromatic rings. The molecule has 0 spiro atoms. The van der Waals surface area contributed by atoms with E-state index in [4.69, 9.17) is 4.53 Å². The van der Waals surface area contributed by atoms with Crippen LogP contribution in [0.2, 0.25) is 18.1 Å². The number of hydroxylamine groups is 2. The van der Waals surface area contributed by atoms with Crippen LogP contribution in [0.15, 0.2) is 0 Å². The molecule has 84 valence electrons. The molecule has 0 atom stereocenters. The van der Waals surface area contributed by atoms with Crippen LogP contribution >= 0.6 is 0 Å². The van der Waals surface area contributed by atoms with E-state index in [1.54, 1.807) is 0 Å². The highest BCUT2D eigenvalue weighted by Crippen LogP contribution is 2.37. The number of nitrogens with zero attached hydrogens (tertiary/aromatic N) is 1. The zero-order chi connectivity index (χ0) is 10.8. The quantitative estimate of drug-likeness (QED) is 0.713. The Morgan fingerprint density at radius 1 is 1.14 bits per heavy atom. The van der Waals surface area contributed by atoms with E-state index >= 15 is 0 Å². The zero-order valence-electron chi connectivity index (χ0n) is 10.2. The van der Waals surface area contributed by atoms with Gasteiger partial charge in [0.15, 0.2) is 0 Å². The molecule has 1 rings (SSSR count). The van der Waals surface area contributed by atoms with Crippen molar-refractivity contribution in [2.45, 2.75) is 38.9 Å². The summed E-state index contributed by atoms with van der Waals surface area (Å²) in [6.45, 7) is 15.6. The van der Waals surface area contributed by atoms with Crippen molar-refractivity contribution in [2.24, 2.45) is 0 Å². The molecule has 0 saturated carbocycles. The number of piperazine rings is 1. The van der Waals surface area contributed by atoms with E-state index in [1.807, 2.05) is 0 Å². The fourth-order valence-electron chi connectivity index (χ4n) is 1.20. The normalized spacial score (nSPS) is 21.2. The van der Waals surface area contributed by atoms with Crippen LogP contribution in [0.4, 0.5) is 0 Å². The van der Waals surface area contributed by atoms with Crippen LogP contribution in [0.5, 0.6) is 0 Å². The Kier molecular flexibility index (Phi) is 3.74. The molecule has 1 heterocycles. The largest absolute Gasteiger partial charge is 0.342 e. The minimum Gasteiger partial charge on any atom is -0.342 e. The van der Waals surface area contributed by atoms with Gasteiger partial charge in [-0.05, 0) is 18.1 Å². The Bertz CT molecular complexity index is 183. The summed E-state index contributed by atoms with van der Waals surface area (Å²) in [5.74, 6) is 0. The Morgan fingerprint density at radius 2 is 1.64 bits per heavy atom. The molecule has 0 aromatic carbocycles. The second kappa shape index (κ2) is 4.31. The number of rotatable bonds is 2. The van der Waals surface area contributed by atoms with Gasteiger partial charge < -0.3 is 9.84 Å². The number of hydrogen-bond donors (Lipinski definition) is 1. The molecule has 1 N–H and O–H groups in total. The van der Waals surface area contributed by atoms with E-state index in [0.29, 0.717) is 5.04 Å². The third kappa shape index (κ3) is 3.05. The molecule has 4 heteroatoms. The zero-order valence-corrected chi connectivity index (χ0v) is 11.2. The molecular formula is C10H24N2OSi. The van der Waals surface area contributed by atoms with E-state index in [9.17, 15) is 0 Å². The predicted octanol–water partition coefficient (Wildman–Crippen LogP) is 1.83. The van der Waals surface area contributed by atoms with Crippen LogP contribution in [0.1, 0.15) is 20.8 Å². The lowest BCUT2D eigenvalue weighted by atomic mass is 10.2. The lowest BCUT2D eigenvalue weighted by molar-refractivity contribution is -0.0807. The van der Waals surface area contributed by atoms with Crippen molar-refractivity contribution in [3.63, 3.8) is 0 Å². The third-order valence-electron chi connectivity index (χ3n) is 3.24. The lowest BCUT2D eigenvalue weighted by Gasteiger charge is -2.41. The highest BCUT2D eigenvalue weighted by Gasteiger charge is 2.39. The molecule has 1 aliphatic rings. The van der Waals surface area contributed by atoms with Crippen LogP contribution in [0, 0.1) is 0 Å². The highest BCUT2D eigenvalue weighted by molar-refractivity contribution is 6.74. The Labute approximate surface area is 88.9 Å². The van der Waals surface area contributed by atoms with Crippen LogP contribution in [-0.4, -0.2) is 39.6 Å². The molecule has 0 aromatic heterocycles. The Morgan fingerprint density at radius 3 is 2.07 bits per heavy atom. The molecule has 3 nitrogen and oxygen atoms in total.